The van der Waals surface area contributed by atoms with Crippen molar-refractivity contribution < 1.29 is 0 Å². The molecule has 2 aromatic rings. The topological polar surface area (TPSA) is 26.0 Å². The van der Waals surface area contributed by atoms with Crippen molar-refractivity contribution in [3.8, 4) is 0 Å². The Labute approximate surface area is 108 Å². The van der Waals surface area contributed by atoms with Crippen LogP contribution in [-0.2, 0) is 0 Å². The Hall–Kier alpha value is -1.34. The Kier molecular flexibility index (Phi) is 2.25. The predicted molar refractivity (Wildman–Crippen MR) is 75.2 cm³/mol. The summed E-state index contributed by atoms with van der Waals surface area (Å²) in [4.78, 5) is 0. The number of hydrogen-bond acceptors (Lipinski definition) is 1. The molecule has 18 heavy (non-hydrogen) atoms. The fraction of sp³-hybridized carbons (Fsp3) is 0.412. The number of hydrogen-bond donors (Lipinski definition) is 1. The summed E-state index contributed by atoms with van der Waals surface area (Å²) in [7, 11) is 0. The van der Waals surface area contributed by atoms with Gasteiger partial charge in [-0.25, -0.2) is 0 Å². The zero-order valence-electron chi connectivity index (χ0n) is 10.5. The Bertz CT molecular complexity index is 579. The van der Waals surface area contributed by atoms with E-state index < -0.39 is 0 Å². The molecular formula is C17H19N. The van der Waals surface area contributed by atoms with Gasteiger partial charge in [-0.15, -0.1) is 0 Å². The van der Waals surface area contributed by atoms with E-state index in [4.69, 9.17) is 5.73 Å². The summed E-state index contributed by atoms with van der Waals surface area (Å²) in [5, 5.41) is 2.63. The molecule has 0 aliphatic heterocycles. The molecule has 2 aromatic carbocycles. The highest BCUT2D eigenvalue weighted by Crippen LogP contribution is 2.61. The minimum absolute atomic E-state index is 0.255. The lowest BCUT2D eigenvalue weighted by Crippen LogP contribution is -2.15. The van der Waals surface area contributed by atoms with Gasteiger partial charge in [-0.1, -0.05) is 42.8 Å². The van der Waals surface area contributed by atoms with E-state index >= 15 is 0 Å². The first-order chi connectivity index (χ1) is 8.84. The van der Waals surface area contributed by atoms with Gasteiger partial charge in [0.05, 0.1) is 0 Å². The van der Waals surface area contributed by atoms with Crippen LogP contribution in [0.15, 0.2) is 42.5 Å². The molecule has 0 spiro atoms. The van der Waals surface area contributed by atoms with Crippen LogP contribution in [0.2, 0.25) is 0 Å². The third-order valence-corrected chi connectivity index (χ3v) is 5.05. The zero-order valence-corrected chi connectivity index (χ0v) is 10.5. The highest BCUT2D eigenvalue weighted by Gasteiger charge is 2.55. The summed E-state index contributed by atoms with van der Waals surface area (Å²) < 4.78 is 0. The van der Waals surface area contributed by atoms with Crippen LogP contribution in [0.5, 0.6) is 0 Å². The van der Waals surface area contributed by atoms with Gasteiger partial charge >= 0.3 is 0 Å². The SMILES string of the molecule is NC(c1ccc2ccccc2c1)C1C2CCCC21. The Morgan fingerprint density at radius 3 is 2.44 bits per heavy atom. The van der Waals surface area contributed by atoms with Crippen LogP contribution in [-0.4, -0.2) is 0 Å². The smallest absolute Gasteiger partial charge is 0.0329 e. The van der Waals surface area contributed by atoms with Gasteiger partial charge in [0.25, 0.3) is 0 Å². The second-order valence-electron chi connectivity index (χ2n) is 5.97. The third kappa shape index (κ3) is 1.50. The first-order valence-corrected chi connectivity index (χ1v) is 7.09. The molecule has 0 heterocycles. The summed E-state index contributed by atoms with van der Waals surface area (Å²) in [6.07, 6.45) is 4.25. The first kappa shape index (κ1) is 10.6. The fourth-order valence-corrected chi connectivity index (χ4v) is 4.05. The van der Waals surface area contributed by atoms with Gasteiger partial charge in [-0.3, -0.25) is 0 Å². The molecule has 0 bridgehead atoms. The van der Waals surface area contributed by atoms with Crippen LogP contribution in [0.25, 0.3) is 10.8 Å². The van der Waals surface area contributed by atoms with Gasteiger partial charge in [0.1, 0.15) is 0 Å². The maximum absolute atomic E-state index is 6.48. The van der Waals surface area contributed by atoms with Crippen LogP contribution in [0.3, 0.4) is 0 Å². The molecule has 4 rings (SSSR count). The van der Waals surface area contributed by atoms with Gasteiger partial charge in [0, 0.05) is 6.04 Å². The molecule has 0 amide bonds. The van der Waals surface area contributed by atoms with E-state index in [9.17, 15) is 0 Å². The summed E-state index contributed by atoms with van der Waals surface area (Å²) >= 11 is 0. The minimum Gasteiger partial charge on any atom is -0.324 e. The molecule has 2 saturated carbocycles. The number of fused-ring (bicyclic) bond motifs is 2. The molecule has 0 saturated heterocycles. The van der Waals surface area contributed by atoms with Crippen molar-refractivity contribution >= 4 is 10.8 Å². The third-order valence-electron chi connectivity index (χ3n) is 5.05. The van der Waals surface area contributed by atoms with Crippen molar-refractivity contribution in [1.82, 2.24) is 0 Å². The van der Waals surface area contributed by atoms with Gasteiger partial charge in [-0.05, 0) is 53.0 Å². The lowest BCUT2D eigenvalue weighted by molar-refractivity contribution is 0.502. The van der Waals surface area contributed by atoms with E-state index in [0.29, 0.717) is 0 Å². The molecular weight excluding hydrogens is 218 g/mol. The second-order valence-corrected chi connectivity index (χ2v) is 5.97. The molecule has 92 valence electrons. The molecule has 2 N–H and O–H groups in total. The summed E-state index contributed by atoms with van der Waals surface area (Å²) in [5.41, 5.74) is 7.81. The van der Waals surface area contributed by atoms with Crippen LogP contribution in [0.1, 0.15) is 30.9 Å². The van der Waals surface area contributed by atoms with Crippen molar-refractivity contribution in [2.24, 2.45) is 23.5 Å². The summed E-state index contributed by atoms with van der Waals surface area (Å²) in [6, 6.07) is 15.5. The minimum atomic E-state index is 0.255. The first-order valence-electron chi connectivity index (χ1n) is 7.09. The number of nitrogens with two attached hydrogens (primary N) is 1. The lowest BCUT2D eigenvalue weighted by Gasteiger charge is -2.15. The van der Waals surface area contributed by atoms with E-state index in [0.717, 1.165) is 17.8 Å². The maximum Gasteiger partial charge on any atom is 0.0329 e. The molecule has 1 nitrogen and oxygen atoms in total. The van der Waals surface area contributed by atoms with Gasteiger partial charge in [0.2, 0.25) is 0 Å². The van der Waals surface area contributed by atoms with E-state index in [1.165, 1.54) is 35.6 Å². The quantitative estimate of drug-likeness (QED) is 0.842. The van der Waals surface area contributed by atoms with Crippen LogP contribution in [0, 0.1) is 17.8 Å². The number of rotatable bonds is 2. The second kappa shape index (κ2) is 3.83. The molecule has 3 unspecified atom stereocenters. The summed E-state index contributed by atoms with van der Waals surface area (Å²) in [6.45, 7) is 0. The molecule has 0 radical (unpaired) electrons. The summed E-state index contributed by atoms with van der Waals surface area (Å²) in [5.74, 6) is 2.64. The molecule has 2 fully saturated rings. The largest absolute Gasteiger partial charge is 0.324 e. The maximum atomic E-state index is 6.48. The van der Waals surface area contributed by atoms with Crippen LogP contribution >= 0.6 is 0 Å². The average molecular weight is 237 g/mol. The highest BCUT2D eigenvalue weighted by molar-refractivity contribution is 5.83. The Morgan fingerprint density at radius 2 is 1.67 bits per heavy atom. The normalized spacial score (nSPS) is 31.3. The van der Waals surface area contributed by atoms with Crippen molar-refractivity contribution in [3.05, 3.63) is 48.0 Å². The van der Waals surface area contributed by atoms with Crippen molar-refractivity contribution in [2.75, 3.05) is 0 Å². The molecule has 0 aromatic heterocycles. The van der Waals surface area contributed by atoms with Crippen LogP contribution in [0.4, 0.5) is 0 Å². The van der Waals surface area contributed by atoms with E-state index in [1.807, 2.05) is 0 Å². The Morgan fingerprint density at radius 1 is 0.944 bits per heavy atom. The van der Waals surface area contributed by atoms with Crippen molar-refractivity contribution in [3.63, 3.8) is 0 Å². The average Bonchev–Trinajstić information content (AvgIpc) is 2.90. The van der Waals surface area contributed by atoms with Crippen LogP contribution < -0.4 is 5.73 Å². The van der Waals surface area contributed by atoms with E-state index in [1.54, 1.807) is 0 Å². The Balaban J connectivity index is 1.66. The van der Waals surface area contributed by atoms with Gasteiger partial charge in [-0.2, -0.15) is 0 Å². The lowest BCUT2D eigenvalue weighted by atomic mass is 9.96. The fourth-order valence-electron chi connectivity index (χ4n) is 4.05. The molecule has 2 aliphatic rings. The zero-order chi connectivity index (χ0) is 12.1. The predicted octanol–water partition coefficient (Wildman–Crippen LogP) is 3.89. The molecule has 3 atom stereocenters. The molecule has 1 heteroatoms. The standard InChI is InChI=1S/C17H19N/c18-17(16-14-6-3-7-15(14)16)13-9-8-11-4-1-2-5-12(11)10-13/h1-2,4-5,8-10,14-17H,3,6-7,18H2. The van der Waals surface area contributed by atoms with Crippen molar-refractivity contribution in [1.29, 1.82) is 0 Å². The molecule has 2 aliphatic carbocycles. The van der Waals surface area contributed by atoms with E-state index in [-0.39, 0.29) is 6.04 Å². The highest BCUT2D eigenvalue weighted by atomic mass is 14.7. The van der Waals surface area contributed by atoms with Crippen molar-refractivity contribution in [2.45, 2.75) is 25.3 Å². The monoisotopic (exact) mass is 237 g/mol. The number of benzene rings is 2. The van der Waals surface area contributed by atoms with E-state index in [2.05, 4.69) is 42.5 Å². The van der Waals surface area contributed by atoms with Gasteiger partial charge in [0.15, 0.2) is 0 Å². The van der Waals surface area contributed by atoms with Gasteiger partial charge < -0.3 is 5.73 Å².